The molecule has 1 aromatic carbocycles. The van der Waals surface area contributed by atoms with E-state index in [2.05, 4.69) is 57.4 Å². The highest BCUT2D eigenvalue weighted by Crippen LogP contribution is 2.31. The molecule has 1 aliphatic heterocycles. The van der Waals surface area contributed by atoms with E-state index in [0.717, 1.165) is 29.9 Å². The van der Waals surface area contributed by atoms with Gasteiger partial charge in [-0.15, -0.1) is 0 Å². The fourth-order valence-electron chi connectivity index (χ4n) is 2.97. The Morgan fingerprint density at radius 2 is 1.88 bits per heavy atom. The van der Waals surface area contributed by atoms with E-state index in [1.165, 1.54) is 9.13 Å². The van der Waals surface area contributed by atoms with Gasteiger partial charge >= 0.3 is 6.09 Å². The number of hydrogen-bond donors (Lipinski definition) is 0. The number of rotatable bonds is 3. The molecular weight excluding hydrogens is 445 g/mol. The van der Waals surface area contributed by atoms with E-state index >= 15 is 0 Å². The van der Waals surface area contributed by atoms with Crippen molar-refractivity contribution in [3.05, 3.63) is 36.8 Å². The topological polar surface area (TPSA) is 81.5 Å². The molecule has 1 aromatic rings. The molecule has 0 aromatic heterocycles. The Kier molecular flexibility index (Phi) is 6.63. The van der Waals surface area contributed by atoms with Gasteiger partial charge < -0.3 is 14.5 Å². The van der Waals surface area contributed by atoms with Crippen molar-refractivity contribution in [2.45, 2.75) is 46.8 Å². The van der Waals surface area contributed by atoms with Gasteiger partial charge in [-0.2, -0.15) is 0 Å². The van der Waals surface area contributed by atoms with Crippen LogP contribution in [0.2, 0.25) is 0 Å². The number of anilines is 1. The zero-order valence-corrected chi connectivity index (χ0v) is 18.2. The van der Waals surface area contributed by atoms with Crippen molar-refractivity contribution >= 4 is 34.4 Å². The third-order valence-corrected chi connectivity index (χ3v) is 6.03. The fourth-order valence-corrected chi connectivity index (χ4v) is 3.60. The summed E-state index contributed by atoms with van der Waals surface area (Å²) in [5.74, 6) is 0. The van der Waals surface area contributed by atoms with Crippen LogP contribution in [0.15, 0.2) is 11.2 Å². The summed E-state index contributed by atoms with van der Waals surface area (Å²) in [6.45, 7) is 12.9. The number of halogens is 1. The summed E-state index contributed by atoms with van der Waals surface area (Å²) in [4.78, 5) is 19.2. The minimum absolute atomic E-state index is 0.253. The molecule has 26 heavy (non-hydrogen) atoms. The normalized spacial score (nSPS) is 14.8. The molecule has 1 aliphatic rings. The Bertz CT molecular complexity index is 730. The van der Waals surface area contributed by atoms with Crippen molar-refractivity contribution in [3.8, 4) is 0 Å². The maximum atomic E-state index is 12.2. The summed E-state index contributed by atoms with van der Waals surface area (Å²) < 4.78 is 6.65. The molecule has 7 nitrogen and oxygen atoms in total. The third-order valence-electron chi connectivity index (χ3n) is 4.41. The summed E-state index contributed by atoms with van der Waals surface area (Å²) in [6.07, 6.45) is -0.253. The van der Waals surface area contributed by atoms with Crippen LogP contribution in [-0.2, 0) is 11.3 Å². The summed E-state index contributed by atoms with van der Waals surface area (Å²) in [7, 11) is 0. The van der Waals surface area contributed by atoms with Crippen molar-refractivity contribution in [2.24, 2.45) is 5.11 Å². The second-order valence-electron chi connectivity index (χ2n) is 7.46. The summed E-state index contributed by atoms with van der Waals surface area (Å²) in [6, 6.07) is 2.12. The van der Waals surface area contributed by atoms with Gasteiger partial charge in [0.1, 0.15) is 5.60 Å². The van der Waals surface area contributed by atoms with Crippen LogP contribution in [0.25, 0.3) is 10.4 Å². The molecule has 0 unspecified atom stereocenters. The summed E-state index contributed by atoms with van der Waals surface area (Å²) >= 11 is 2.35. The Labute approximate surface area is 168 Å². The van der Waals surface area contributed by atoms with Crippen LogP contribution in [0.4, 0.5) is 10.5 Å². The second kappa shape index (κ2) is 8.35. The highest BCUT2D eigenvalue weighted by molar-refractivity contribution is 14.1. The number of carbonyl (C=O) groups excluding carboxylic acids is 1. The lowest BCUT2D eigenvalue weighted by Crippen LogP contribution is -2.50. The Hall–Kier alpha value is -1.67. The number of carbonyl (C=O) groups is 1. The van der Waals surface area contributed by atoms with E-state index in [0.29, 0.717) is 19.6 Å². The number of hydrogen-bond acceptors (Lipinski definition) is 4. The predicted molar refractivity (Wildman–Crippen MR) is 112 cm³/mol. The molecule has 0 spiro atoms. The maximum absolute atomic E-state index is 12.2. The van der Waals surface area contributed by atoms with Gasteiger partial charge in [0, 0.05) is 40.3 Å². The van der Waals surface area contributed by atoms with E-state index in [-0.39, 0.29) is 6.09 Å². The van der Waals surface area contributed by atoms with Crippen molar-refractivity contribution in [1.82, 2.24) is 4.90 Å². The van der Waals surface area contributed by atoms with E-state index in [9.17, 15) is 4.79 Å². The number of amides is 1. The quantitative estimate of drug-likeness (QED) is 0.276. The van der Waals surface area contributed by atoms with E-state index < -0.39 is 5.60 Å². The molecule has 0 saturated carbocycles. The molecule has 0 aliphatic carbocycles. The van der Waals surface area contributed by atoms with Gasteiger partial charge in [-0.25, -0.2) is 4.79 Å². The third kappa shape index (κ3) is 4.94. The van der Waals surface area contributed by atoms with Crippen molar-refractivity contribution < 1.29 is 9.53 Å². The number of piperazine rings is 1. The van der Waals surface area contributed by atoms with Crippen LogP contribution in [0.1, 0.15) is 37.5 Å². The number of benzene rings is 1. The average molecular weight is 471 g/mol. The molecule has 0 atom stereocenters. The van der Waals surface area contributed by atoms with Crippen molar-refractivity contribution in [3.63, 3.8) is 0 Å². The number of azide groups is 1. The first-order chi connectivity index (χ1) is 12.1. The Morgan fingerprint density at radius 3 is 2.42 bits per heavy atom. The monoisotopic (exact) mass is 471 g/mol. The van der Waals surface area contributed by atoms with Crippen LogP contribution in [-0.4, -0.2) is 42.8 Å². The molecule has 1 amide bonds. The van der Waals surface area contributed by atoms with Crippen LogP contribution >= 0.6 is 22.6 Å². The van der Waals surface area contributed by atoms with Gasteiger partial charge in [-0.05, 0) is 85.5 Å². The minimum Gasteiger partial charge on any atom is -0.444 e. The molecule has 1 heterocycles. The smallest absolute Gasteiger partial charge is 0.410 e. The van der Waals surface area contributed by atoms with Crippen LogP contribution in [0.3, 0.4) is 0 Å². The Balaban J connectivity index is 2.15. The van der Waals surface area contributed by atoms with Crippen molar-refractivity contribution in [1.29, 1.82) is 0 Å². The average Bonchev–Trinajstić information content (AvgIpc) is 2.58. The van der Waals surface area contributed by atoms with Gasteiger partial charge in [-0.3, -0.25) is 0 Å². The van der Waals surface area contributed by atoms with Crippen LogP contribution < -0.4 is 4.90 Å². The molecule has 0 N–H and O–H groups in total. The molecule has 0 radical (unpaired) electrons. The zero-order valence-electron chi connectivity index (χ0n) is 16.0. The maximum Gasteiger partial charge on any atom is 0.410 e. The van der Waals surface area contributed by atoms with Crippen LogP contribution in [0.5, 0.6) is 0 Å². The van der Waals surface area contributed by atoms with Crippen LogP contribution in [0, 0.1) is 17.4 Å². The lowest BCUT2D eigenvalue weighted by Gasteiger charge is -2.37. The standard InChI is InChI=1S/C18H26IN5O2/c1-12-14(11-21-22-20)10-15(13(2)16(12)19)23-6-8-24(9-7-23)17(25)26-18(3,4)5/h10H,6-9,11H2,1-5H3. The highest BCUT2D eigenvalue weighted by atomic mass is 127. The van der Waals surface area contributed by atoms with Gasteiger partial charge in [0.15, 0.2) is 0 Å². The lowest BCUT2D eigenvalue weighted by molar-refractivity contribution is 0.0240. The molecule has 0 bridgehead atoms. The van der Waals surface area contributed by atoms with Gasteiger partial charge in [0.05, 0.1) is 6.54 Å². The van der Waals surface area contributed by atoms with Gasteiger partial charge in [-0.1, -0.05) is 5.11 Å². The number of ether oxygens (including phenoxy) is 1. The first-order valence-electron chi connectivity index (χ1n) is 8.66. The fraction of sp³-hybridized carbons (Fsp3) is 0.611. The minimum atomic E-state index is -0.478. The molecular formula is C18H26IN5O2. The lowest BCUT2D eigenvalue weighted by atomic mass is 10.0. The molecule has 8 heteroatoms. The zero-order chi connectivity index (χ0) is 19.5. The summed E-state index contributed by atoms with van der Waals surface area (Å²) in [5.41, 5.74) is 12.7. The molecule has 2 rings (SSSR count). The molecule has 1 saturated heterocycles. The largest absolute Gasteiger partial charge is 0.444 e. The van der Waals surface area contributed by atoms with Crippen molar-refractivity contribution in [2.75, 3.05) is 31.1 Å². The first-order valence-corrected chi connectivity index (χ1v) is 9.74. The predicted octanol–water partition coefficient (Wildman–Crippen LogP) is 4.78. The highest BCUT2D eigenvalue weighted by Gasteiger charge is 2.27. The van der Waals surface area contributed by atoms with Gasteiger partial charge in [0.25, 0.3) is 0 Å². The van der Waals surface area contributed by atoms with E-state index in [4.69, 9.17) is 10.3 Å². The van der Waals surface area contributed by atoms with Gasteiger partial charge in [0.2, 0.25) is 0 Å². The SMILES string of the molecule is Cc1c(CN=[N+]=[N-])cc(N2CCN(C(=O)OC(C)(C)C)CC2)c(C)c1I. The van der Waals surface area contributed by atoms with E-state index in [1.807, 2.05) is 20.8 Å². The Morgan fingerprint density at radius 1 is 1.27 bits per heavy atom. The first kappa shape index (κ1) is 20.6. The number of nitrogens with zero attached hydrogens (tertiary/aromatic N) is 5. The molecule has 142 valence electrons. The van der Waals surface area contributed by atoms with E-state index in [1.54, 1.807) is 4.90 Å². The second-order valence-corrected chi connectivity index (χ2v) is 8.54. The molecule has 1 fully saturated rings. The summed E-state index contributed by atoms with van der Waals surface area (Å²) in [5, 5.41) is 3.72.